The summed E-state index contributed by atoms with van der Waals surface area (Å²) >= 11 is 3.43. The highest BCUT2D eigenvalue weighted by Crippen LogP contribution is 2.23. The summed E-state index contributed by atoms with van der Waals surface area (Å²) < 4.78 is 0.990. The molecule has 1 heterocycles. The molecule has 1 aromatic carbocycles. The molecule has 5 heteroatoms. The Morgan fingerprint density at radius 3 is 2.70 bits per heavy atom. The van der Waals surface area contributed by atoms with E-state index in [-0.39, 0.29) is 5.91 Å². The van der Waals surface area contributed by atoms with Gasteiger partial charge in [0, 0.05) is 30.3 Å². The third-order valence-corrected chi connectivity index (χ3v) is 3.84. The van der Waals surface area contributed by atoms with Gasteiger partial charge in [-0.15, -0.1) is 0 Å². The van der Waals surface area contributed by atoms with Crippen LogP contribution in [0.2, 0.25) is 0 Å². The molecule has 0 atom stereocenters. The van der Waals surface area contributed by atoms with Crippen molar-refractivity contribution in [3.63, 3.8) is 0 Å². The number of nitrogens with zero attached hydrogens (tertiary/aromatic N) is 2. The zero-order chi connectivity index (χ0) is 14.7. The Kier molecular flexibility index (Phi) is 4.39. The zero-order valence-electron chi connectivity index (χ0n) is 11.6. The Morgan fingerprint density at radius 1 is 1.30 bits per heavy atom. The number of anilines is 2. The molecular weight excluding hydrogens is 318 g/mol. The molecule has 0 fully saturated rings. The summed E-state index contributed by atoms with van der Waals surface area (Å²) in [7, 11) is 3.85. The van der Waals surface area contributed by atoms with E-state index in [2.05, 4.69) is 26.2 Å². The zero-order valence-corrected chi connectivity index (χ0v) is 13.2. The summed E-state index contributed by atoms with van der Waals surface area (Å²) in [4.78, 5) is 18.3. The molecule has 4 nitrogen and oxygen atoms in total. The third-order valence-electron chi connectivity index (χ3n) is 2.95. The normalized spacial score (nSPS) is 10.2. The number of carbonyl (C=O) groups is 1. The number of halogens is 1. The van der Waals surface area contributed by atoms with Gasteiger partial charge in [0.25, 0.3) is 5.91 Å². The lowest BCUT2D eigenvalue weighted by Crippen LogP contribution is -2.17. The van der Waals surface area contributed by atoms with Gasteiger partial charge < -0.3 is 10.2 Å². The van der Waals surface area contributed by atoms with E-state index < -0.39 is 0 Å². The van der Waals surface area contributed by atoms with Gasteiger partial charge in [0.15, 0.2) is 0 Å². The van der Waals surface area contributed by atoms with Crippen molar-refractivity contribution in [3.8, 4) is 0 Å². The van der Waals surface area contributed by atoms with Crippen LogP contribution in [-0.4, -0.2) is 25.0 Å². The van der Waals surface area contributed by atoms with Gasteiger partial charge in [-0.2, -0.15) is 0 Å². The van der Waals surface area contributed by atoms with Crippen molar-refractivity contribution in [3.05, 3.63) is 52.3 Å². The van der Waals surface area contributed by atoms with Crippen LogP contribution in [-0.2, 0) is 0 Å². The first-order chi connectivity index (χ1) is 9.49. The van der Waals surface area contributed by atoms with Gasteiger partial charge in [-0.1, -0.05) is 15.9 Å². The average molecular weight is 334 g/mol. The molecule has 0 spiro atoms. The minimum absolute atomic E-state index is 0.142. The van der Waals surface area contributed by atoms with Crippen LogP contribution in [0.4, 0.5) is 11.4 Å². The van der Waals surface area contributed by atoms with Crippen molar-refractivity contribution in [2.45, 2.75) is 6.92 Å². The van der Waals surface area contributed by atoms with Crippen molar-refractivity contribution < 1.29 is 4.79 Å². The molecule has 1 aromatic heterocycles. The van der Waals surface area contributed by atoms with E-state index in [4.69, 9.17) is 0 Å². The molecule has 1 amide bonds. The number of rotatable bonds is 3. The molecule has 0 saturated heterocycles. The van der Waals surface area contributed by atoms with Gasteiger partial charge in [-0.05, 0) is 36.8 Å². The Labute approximate surface area is 127 Å². The summed E-state index contributed by atoms with van der Waals surface area (Å²) in [6.07, 6.45) is 3.35. The fourth-order valence-electron chi connectivity index (χ4n) is 1.85. The number of amides is 1. The van der Waals surface area contributed by atoms with Crippen molar-refractivity contribution >= 4 is 33.2 Å². The van der Waals surface area contributed by atoms with Crippen molar-refractivity contribution in [2.75, 3.05) is 24.3 Å². The first kappa shape index (κ1) is 14.5. The molecular formula is C15H16BrN3O. The fraction of sp³-hybridized carbons (Fsp3) is 0.200. The van der Waals surface area contributed by atoms with E-state index in [0.29, 0.717) is 11.3 Å². The maximum absolute atomic E-state index is 12.3. The summed E-state index contributed by atoms with van der Waals surface area (Å²) in [5.74, 6) is -0.142. The lowest BCUT2D eigenvalue weighted by molar-refractivity contribution is 0.102. The van der Waals surface area contributed by atoms with Crippen LogP contribution >= 0.6 is 15.9 Å². The number of aryl methyl sites for hydroxylation is 1. The van der Waals surface area contributed by atoms with E-state index in [1.54, 1.807) is 18.5 Å². The lowest BCUT2D eigenvalue weighted by atomic mass is 10.1. The van der Waals surface area contributed by atoms with E-state index in [0.717, 1.165) is 15.7 Å². The molecule has 20 heavy (non-hydrogen) atoms. The highest BCUT2D eigenvalue weighted by molar-refractivity contribution is 9.10. The predicted octanol–water partition coefficient (Wildman–Crippen LogP) is 3.47. The summed E-state index contributed by atoms with van der Waals surface area (Å²) in [5.41, 5.74) is 3.26. The quantitative estimate of drug-likeness (QED) is 0.935. The predicted molar refractivity (Wildman–Crippen MR) is 85.4 cm³/mol. The SMILES string of the molecule is Cc1cc(C(=O)Nc2cnccc2N(C)C)ccc1Br. The molecule has 0 unspecified atom stereocenters. The van der Waals surface area contributed by atoms with Crippen LogP contribution in [0.15, 0.2) is 41.1 Å². The van der Waals surface area contributed by atoms with Gasteiger partial charge in [0.2, 0.25) is 0 Å². The van der Waals surface area contributed by atoms with Crippen molar-refractivity contribution in [1.29, 1.82) is 0 Å². The van der Waals surface area contributed by atoms with Crippen molar-refractivity contribution in [2.24, 2.45) is 0 Å². The Balaban J connectivity index is 2.26. The molecule has 2 rings (SSSR count). The van der Waals surface area contributed by atoms with Crippen LogP contribution in [0.1, 0.15) is 15.9 Å². The van der Waals surface area contributed by atoms with Gasteiger partial charge in [-0.25, -0.2) is 0 Å². The molecule has 0 bridgehead atoms. The summed E-state index contributed by atoms with van der Waals surface area (Å²) in [6.45, 7) is 1.95. The first-order valence-electron chi connectivity index (χ1n) is 6.18. The average Bonchev–Trinajstić information content (AvgIpc) is 2.42. The fourth-order valence-corrected chi connectivity index (χ4v) is 2.10. The smallest absolute Gasteiger partial charge is 0.255 e. The van der Waals surface area contributed by atoms with Crippen molar-refractivity contribution in [1.82, 2.24) is 4.98 Å². The Morgan fingerprint density at radius 2 is 2.05 bits per heavy atom. The number of carbonyl (C=O) groups excluding carboxylic acids is 1. The van der Waals surface area contributed by atoms with E-state index in [1.165, 1.54) is 0 Å². The minimum atomic E-state index is -0.142. The van der Waals surface area contributed by atoms with Gasteiger partial charge in [-0.3, -0.25) is 9.78 Å². The number of hydrogen-bond donors (Lipinski definition) is 1. The standard InChI is InChI=1S/C15H16BrN3O/c1-10-8-11(4-5-12(10)16)15(20)18-13-9-17-7-6-14(13)19(2)3/h4-9H,1-3H3,(H,18,20). The first-order valence-corrected chi connectivity index (χ1v) is 6.97. The summed E-state index contributed by atoms with van der Waals surface area (Å²) in [6, 6.07) is 7.38. The Bertz CT molecular complexity index is 641. The minimum Gasteiger partial charge on any atom is -0.376 e. The second-order valence-corrected chi connectivity index (χ2v) is 5.56. The van der Waals surface area contributed by atoms with Crippen LogP contribution in [0.25, 0.3) is 0 Å². The number of hydrogen-bond acceptors (Lipinski definition) is 3. The van der Waals surface area contributed by atoms with E-state index in [9.17, 15) is 4.79 Å². The number of benzene rings is 1. The van der Waals surface area contributed by atoms with Crippen LogP contribution in [0.5, 0.6) is 0 Å². The van der Waals surface area contributed by atoms with E-state index in [1.807, 2.05) is 44.1 Å². The van der Waals surface area contributed by atoms with Crippen LogP contribution in [0.3, 0.4) is 0 Å². The molecule has 0 aliphatic rings. The Hall–Kier alpha value is -1.88. The molecule has 1 N–H and O–H groups in total. The molecule has 104 valence electrons. The topological polar surface area (TPSA) is 45.2 Å². The number of pyridine rings is 1. The molecule has 0 aliphatic heterocycles. The van der Waals surface area contributed by atoms with E-state index >= 15 is 0 Å². The van der Waals surface area contributed by atoms with Crippen LogP contribution in [0, 0.1) is 6.92 Å². The summed E-state index contributed by atoms with van der Waals surface area (Å²) in [5, 5.41) is 2.90. The largest absolute Gasteiger partial charge is 0.376 e. The van der Waals surface area contributed by atoms with Gasteiger partial charge in [0.1, 0.15) is 0 Å². The molecule has 0 saturated carbocycles. The molecule has 0 aliphatic carbocycles. The van der Waals surface area contributed by atoms with Gasteiger partial charge in [0.05, 0.1) is 17.6 Å². The highest BCUT2D eigenvalue weighted by Gasteiger charge is 2.11. The lowest BCUT2D eigenvalue weighted by Gasteiger charge is -2.17. The monoisotopic (exact) mass is 333 g/mol. The second kappa shape index (κ2) is 6.05. The van der Waals surface area contributed by atoms with Gasteiger partial charge >= 0.3 is 0 Å². The number of aromatic nitrogens is 1. The maximum Gasteiger partial charge on any atom is 0.255 e. The second-order valence-electron chi connectivity index (χ2n) is 4.71. The molecule has 2 aromatic rings. The number of nitrogens with one attached hydrogen (secondary N) is 1. The van der Waals surface area contributed by atoms with Crippen LogP contribution < -0.4 is 10.2 Å². The third kappa shape index (κ3) is 3.17. The highest BCUT2D eigenvalue weighted by atomic mass is 79.9. The molecule has 0 radical (unpaired) electrons. The maximum atomic E-state index is 12.3.